The predicted octanol–water partition coefficient (Wildman–Crippen LogP) is 1.94. The fourth-order valence-corrected chi connectivity index (χ4v) is 1.79. The van der Waals surface area contributed by atoms with Crippen LogP contribution >= 0.6 is 0 Å². The first kappa shape index (κ1) is 11.6. The average molecular weight is 224 g/mol. The SMILES string of the molecule is Cc1oc(C(C)(C)C)nc1C1COCCN1. The Hall–Kier alpha value is -0.870. The lowest BCUT2D eigenvalue weighted by Crippen LogP contribution is -2.35. The highest BCUT2D eigenvalue weighted by molar-refractivity contribution is 5.16. The monoisotopic (exact) mass is 224 g/mol. The van der Waals surface area contributed by atoms with Gasteiger partial charge in [-0.25, -0.2) is 4.98 Å². The van der Waals surface area contributed by atoms with E-state index in [1.165, 1.54) is 0 Å². The minimum Gasteiger partial charge on any atom is -0.445 e. The van der Waals surface area contributed by atoms with Crippen LogP contribution in [0, 0.1) is 6.92 Å². The molecule has 1 unspecified atom stereocenters. The summed E-state index contributed by atoms with van der Waals surface area (Å²) in [5.41, 5.74) is 0.947. The van der Waals surface area contributed by atoms with Gasteiger partial charge in [-0.05, 0) is 6.92 Å². The Kier molecular flexibility index (Phi) is 3.04. The highest BCUT2D eigenvalue weighted by Crippen LogP contribution is 2.27. The van der Waals surface area contributed by atoms with Gasteiger partial charge in [-0.15, -0.1) is 0 Å². The largest absolute Gasteiger partial charge is 0.445 e. The normalized spacial score (nSPS) is 22.4. The van der Waals surface area contributed by atoms with E-state index in [1.54, 1.807) is 0 Å². The molecular formula is C12H20N2O2. The van der Waals surface area contributed by atoms with Gasteiger partial charge in [-0.3, -0.25) is 0 Å². The molecule has 1 aromatic rings. The van der Waals surface area contributed by atoms with Crippen LogP contribution in [0.4, 0.5) is 0 Å². The van der Waals surface area contributed by atoms with Crippen LogP contribution in [0.2, 0.25) is 0 Å². The Labute approximate surface area is 96.4 Å². The number of ether oxygens (including phenoxy) is 1. The minimum atomic E-state index is -0.0431. The molecule has 1 saturated heterocycles. The lowest BCUT2D eigenvalue weighted by atomic mass is 9.97. The molecule has 90 valence electrons. The fourth-order valence-electron chi connectivity index (χ4n) is 1.79. The zero-order chi connectivity index (χ0) is 11.8. The van der Waals surface area contributed by atoms with Crippen molar-refractivity contribution in [2.75, 3.05) is 19.8 Å². The van der Waals surface area contributed by atoms with E-state index in [9.17, 15) is 0 Å². The number of hydrogen-bond donors (Lipinski definition) is 1. The van der Waals surface area contributed by atoms with Crippen LogP contribution in [0.5, 0.6) is 0 Å². The van der Waals surface area contributed by atoms with Crippen molar-refractivity contribution in [2.24, 2.45) is 0 Å². The molecule has 1 aliphatic rings. The van der Waals surface area contributed by atoms with E-state index in [0.717, 1.165) is 30.5 Å². The van der Waals surface area contributed by atoms with Crippen LogP contribution < -0.4 is 5.32 Å². The van der Waals surface area contributed by atoms with Crippen molar-refractivity contribution < 1.29 is 9.15 Å². The molecule has 4 heteroatoms. The second-order valence-electron chi connectivity index (χ2n) is 5.29. The van der Waals surface area contributed by atoms with Crippen molar-refractivity contribution in [1.82, 2.24) is 10.3 Å². The summed E-state index contributed by atoms with van der Waals surface area (Å²) >= 11 is 0. The molecule has 1 N–H and O–H groups in total. The van der Waals surface area contributed by atoms with Crippen LogP contribution in [0.1, 0.15) is 44.2 Å². The maximum atomic E-state index is 5.73. The van der Waals surface area contributed by atoms with Gasteiger partial charge in [-0.1, -0.05) is 20.8 Å². The number of nitrogens with zero attached hydrogens (tertiary/aromatic N) is 1. The lowest BCUT2D eigenvalue weighted by Gasteiger charge is -2.22. The summed E-state index contributed by atoms with van der Waals surface area (Å²) in [6, 6.07) is 0.175. The molecule has 16 heavy (non-hydrogen) atoms. The van der Waals surface area contributed by atoms with Crippen molar-refractivity contribution in [3.05, 3.63) is 17.3 Å². The summed E-state index contributed by atoms with van der Waals surface area (Å²) < 4.78 is 11.2. The molecule has 0 radical (unpaired) electrons. The van der Waals surface area contributed by atoms with E-state index < -0.39 is 0 Å². The van der Waals surface area contributed by atoms with E-state index in [4.69, 9.17) is 9.15 Å². The second kappa shape index (κ2) is 4.18. The lowest BCUT2D eigenvalue weighted by molar-refractivity contribution is 0.0753. The summed E-state index contributed by atoms with van der Waals surface area (Å²) in [5, 5.41) is 3.39. The third-order valence-electron chi connectivity index (χ3n) is 2.73. The topological polar surface area (TPSA) is 47.3 Å². The smallest absolute Gasteiger partial charge is 0.200 e. The van der Waals surface area contributed by atoms with E-state index in [-0.39, 0.29) is 11.5 Å². The van der Waals surface area contributed by atoms with Crippen LogP contribution in [-0.4, -0.2) is 24.7 Å². The first-order valence-corrected chi connectivity index (χ1v) is 5.77. The molecule has 2 rings (SSSR count). The molecule has 0 bridgehead atoms. The number of aryl methyl sites for hydroxylation is 1. The minimum absolute atomic E-state index is 0.0431. The Balaban J connectivity index is 2.24. The molecular weight excluding hydrogens is 204 g/mol. The van der Waals surface area contributed by atoms with Gasteiger partial charge in [0.1, 0.15) is 11.5 Å². The molecule has 0 aliphatic carbocycles. The zero-order valence-electron chi connectivity index (χ0n) is 10.5. The third-order valence-corrected chi connectivity index (χ3v) is 2.73. The van der Waals surface area contributed by atoms with Crippen molar-refractivity contribution in [2.45, 2.75) is 39.2 Å². The highest BCUT2D eigenvalue weighted by Gasteiger charge is 2.26. The molecule has 0 amide bonds. The molecule has 1 aromatic heterocycles. The molecule has 2 heterocycles. The van der Waals surface area contributed by atoms with Gasteiger partial charge in [-0.2, -0.15) is 0 Å². The second-order valence-corrected chi connectivity index (χ2v) is 5.29. The zero-order valence-corrected chi connectivity index (χ0v) is 10.5. The standard InChI is InChI=1S/C12H20N2O2/c1-8-10(9-7-15-6-5-13-9)14-11(16-8)12(2,3)4/h9,13H,5-7H2,1-4H3. The number of rotatable bonds is 1. The number of oxazole rings is 1. The quantitative estimate of drug-likeness (QED) is 0.792. The molecule has 1 fully saturated rings. The Morgan fingerprint density at radius 2 is 2.12 bits per heavy atom. The van der Waals surface area contributed by atoms with Crippen LogP contribution in [0.25, 0.3) is 0 Å². The van der Waals surface area contributed by atoms with Crippen LogP contribution in [0.15, 0.2) is 4.42 Å². The van der Waals surface area contributed by atoms with Gasteiger partial charge >= 0.3 is 0 Å². The first-order chi connectivity index (χ1) is 7.48. The molecule has 0 aromatic carbocycles. The van der Waals surface area contributed by atoms with Crippen molar-refractivity contribution >= 4 is 0 Å². The summed E-state index contributed by atoms with van der Waals surface area (Å²) in [5.74, 6) is 1.69. The van der Waals surface area contributed by atoms with Gasteiger partial charge in [0, 0.05) is 12.0 Å². The average Bonchev–Trinajstić information content (AvgIpc) is 2.61. The summed E-state index contributed by atoms with van der Waals surface area (Å²) in [6.07, 6.45) is 0. The predicted molar refractivity (Wildman–Crippen MR) is 61.5 cm³/mol. The maximum absolute atomic E-state index is 5.73. The Morgan fingerprint density at radius 3 is 2.62 bits per heavy atom. The first-order valence-electron chi connectivity index (χ1n) is 5.77. The number of nitrogens with one attached hydrogen (secondary N) is 1. The number of aromatic nitrogens is 1. The number of morpholine rings is 1. The Morgan fingerprint density at radius 1 is 1.38 bits per heavy atom. The summed E-state index contributed by atoms with van der Waals surface area (Å²) in [4.78, 5) is 4.60. The van der Waals surface area contributed by atoms with Gasteiger partial charge in [0.15, 0.2) is 5.89 Å². The van der Waals surface area contributed by atoms with Gasteiger partial charge in [0.2, 0.25) is 0 Å². The fraction of sp³-hybridized carbons (Fsp3) is 0.750. The van der Waals surface area contributed by atoms with Crippen molar-refractivity contribution in [3.63, 3.8) is 0 Å². The van der Waals surface area contributed by atoms with E-state index in [0.29, 0.717) is 6.61 Å². The number of hydrogen-bond acceptors (Lipinski definition) is 4. The van der Waals surface area contributed by atoms with Gasteiger partial charge in [0.25, 0.3) is 0 Å². The van der Waals surface area contributed by atoms with E-state index >= 15 is 0 Å². The van der Waals surface area contributed by atoms with Gasteiger partial charge in [0.05, 0.1) is 19.3 Å². The summed E-state index contributed by atoms with van der Waals surface area (Å²) in [7, 11) is 0. The van der Waals surface area contributed by atoms with Crippen LogP contribution in [-0.2, 0) is 10.2 Å². The molecule has 0 spiro atoms. The van der Waals surface area contributed by atoms with Crippen LogP contribution in [0.3, 0.4) is 0 Å². The van der Waals surface area contributed by atoms with E-state index in [1.807, 2.05) is 6.92 Å². The molecule has 1 atom stereocenters. The maximum Gasteiger partial charge on any atom is 0.200 e. The molecule has 4 nitrogen and oxygen atoms in total. The van der Waals surface area contributed by atoms with Crippen molar-refractivity contribution in [1.29, 1.82) is 0 Å². The Bertz CT molecular complexity index is 360. The molecule has 1 aliphatic heterocycles. The van der Waals surface area contributed by atoms with Crippen molar-refractivity contribution in [3.8, 4) is 0 Å². The highest BCUT2D eigenvalue weighted by atomic mass is 16.5. The van der Waals surface area contributed by atoms with Gasteiger partial charge < -0.3 is 14.5 Å². The summed E-state index contributed by atoms with van der Waals surface area (Å²) in [6.45, 7) is 10.6. The van der Waals surface area contributed by atoms with E-state index in [2.05, 4.69) is 31.1 Å². The molecule has 0 saturated carbocycles. The third kappa shape index (κ3) is 2.28.